The van der Waals surface area contributed by atoms with Crippen LogP contribution in [-0.2, 0) is 9.53 Å². The summed E-state index contributed by atoms with van der Waals surface area (Å²) in [6, 6.07) is 8.67. The van der Waals surface area contributed by atoms with Crippen LogP contribution in [0.25, 0.3) is 0 Å². The first kappa shape index (κ1) is 18.1. The molecule has 0 amide bonds. The number of hydrogen-bond acceptors (Lipinski definition) is 4. The second-order valence-corrected chi connectivity index (χ2v) is 7.58. The van der Waals surface area contributed by atoms with Crippen molar-refractivity contribution in [1.82, 2.24) is 5.32 Å². The maximum atomic E-state index is 12.1. The molecule has 0 aliphatic carbocycles. The van der Waals surface area contributed by atoms with Crippen LogP contribution < -0.4 is 5.32 Å². The number of ether oxygens (including phenoxy) is 1. The average Bonchev–Trinajstić information content (AvgIpc) is 2.36. The van der Waals surface area contributed by atoms with Gasteiger partial charge in [-0.1, -0.05) is 24.6 Å². The Labute approximate surface area is 132 Å². The van der Waals surface area contributed by atoms with Crippen molar-refractivity contribution in [1.29, 1.82) is 0 Å². The second-order valence-electron chi connectivity index (χ2n) is 6.07. The Balaban J connectivity index is 2.76. The van der Waals surface area contributed by atoms with Crippen LogP contribution in [0.1, 0.15) is 39.7 Å². The van der Waals surface area contributed by atoms with Gasteiger partial charge in [-0.15, -0.1) is 11.8 Å². The first-order valence-corrected chi connectivity index (χ1v) is 8.24. The lowest BCUT2D eigenvalue weighted by atomic mass is 9.95. The van der Waals surface area contributed by atoms with E-state index in [0.29, 0.717) is 5.25 Å². The highest BCUT2D eigenvalue weighted by atomic mass is 32.2. The summed E-state index contributed by atoms with van der Waals surface area (Å²) in [5.74, 6) is -0.201. The van der Waals surface area contributed by atoms with Gasteiger partial charge in [0.05, 0.1) is 7.11 Å². The molecule has 0 aliphatic heterocycles. The van der Waals surface area contributed by atoms with E-state index >= 15 is 0 Å². The number of nitrogens with one attached hydrogen (secondary N) is 1. The van der Waals surface area contributed by atoms with E-state index in [0.717, 1.165) is 6.42 Å². The van der Waals surface area contributed by atoms with E-state index in [1.165, 1.54) is 17.6 Å². The second kappa shape index (κ2) is 7.85. The maximum Gasteiger partial charge on any atom is 0.325 e. The summed E-state index contributed by atoms with van der Waals surface area (Å²) in [6.07, 6.45) is 0.719. The minimum atomic E-state index is -0.654. The van der Waals surface area contributed by atoms with E-state index in [-0.39, 0.29) is 12.0 Å². The quantitative estimate of drug-likeness (QED) is 0.614. The molecule has 0 aliphatic rings. The lowest BCUT2D eigenvalue weighted by molar-refractivity contribution is -0.148. The molecule has 1 aromatic rings. The average molecular weight is 309 g/mol. The van der Waals surface area contributed by atoms with Crippen molar-refractivity contribution >= 4 is 17.7 Å². The zero-order valence-electron chi connectivity index (χ0n) is 13.9. The zero-order chi connectivity index (χ0) is 16.0. The normalized spacial score (nSPS) is 15.6. The maximum absolute atomic E-state index is 12.1. The smallest absolute Gasteiger partial charge is 0.325 e. The Hall–Kier alpha value is -1.00. The molecule has 118 valence electrons. The Morgan fingerprint density at radius 1 is 1.38 bits per heavy atom. The number of rotatable bonds is 7. The highest BCUT2D eigenvalue weighted by Gasteiger charge is 2.36. The monoisotopic (exact) mass is 309 g/mol. The lowest BCUT2D eigenvalue weighted by Crippen LogP contribution is -2.54. The van der Waals surface area contributed by atoms with E-state index in [4.69, 9.17) is 4.74 Å². The van der Waals surface area contributed by atoms with Gasteiger partial charge in [-0.3, -0.25) is 10.1 Å². The SMILES string of the molecule is COC(=O)C(C)(CC(C)Sc1cccc(C)c1)NC(C)C. The fourth-order valence-corrected chi connectivity index (χ4v) is 3.89. The van der Waals surface area contributed by atoms with Gasteiger partial charge in [0.15, 0.2) is 0 Å². The highest BCUT2D eigenvalue weighted by Crippen LogP contribution is 2.30. The summed E-state index contributed by atoms with van der Waals surface area (Å²) in [7, 11) is 1.45. The number of benzene rings is 1. The molecule has 0 fully saturated rings. The molecule has 0 saturated heterocycles. The van der Waals surface area contributed by atoms with Gasteiger partial charge >= 0.3 is 5.97 Å². The Morgan fingerprint density at radius 3 is 2.57 bits per heavy atom. The van der Waals surface area contributed by atoms with Gasteiger partial charge < -0.3 is 4.74 Å². The van der Waals surface area contributed by atoms with Crippen LogP contribution in [0.5, 0.6) is 0 Å². The van der Waals surface area contributed by atoms with Crippen molar-refractivity contribution in [3.8, 4) is 0 Å². The van der Waals surface area contributed by atoms with Crippen LogP contribution in [0.15, 0.2) is 29.2 Å². The molecule has 0 radical (unpaired) electrons. The van der Waals surface area contributed by atoms with Crippen molar-refractivity contribution in [2.45, 2.75) is 62.8 Å². The van der Waals surface area contributed by atoms with Crippen molar-refractivity contribution in [3.63, 3.8) is 0 Å². The largest absolute Gasteiger partial charge is 0.468 e. The van der Waals surface area contributed by atoms with Crippen LogP contribution in [0.2, 0.25) is 0 Å². The molecule has 0 spiro atoms. The van der Waals surface area contributed by atoms with Crippen molar-refractivity contribution in [3.05, 3.63) is 29.8 Å². The van der Waals surface area contributed by atoms with Crippen LogP contribution in [-0.4, -0.2) is 29.9 Å². The summed E-state index contributed by atoms with van der Waals surface area (Å²) in [5, 5.41) is 3.65. The molecule has 0 aromatic heterocycles. The van der Waals surface area contributed by atoms with E-state index in [1.807, 2.05) is 20.8 Å². The van der Waals surface area contributed by atoms with Gasteiger partial charge in [-0.25, -0.2) is 0 Å². The zero-order valence-corrected chi connectivity index (χ0v) is 14.7. The first-order chi connectivity index (χ1) is 9.76. The van der Waals surface area contributed by atoms with Gasteiger partial charge in [-0.05, 0) is 46.2 Å². The number of carbonyl (C=O) groups excluding carboxylic acids is 1. The number of esters is 1. The molecular formula is C17H27NO2S. The van der Waals surface area contributed by atoms with Gasteiger partial charge in [0, 0.05) is 16.2 Å². The standard InChI is InChI=1S/C17H27NO2S/c1-12(2)18-17(5,16(19)20-6)11-14(4)21-15-9-7-8-13(3)10-15/h7-10,12,14,18H,11H2,1-6H3. The summed E-state index contributed by atoms with van der Waals surface area (Å²) in [4.78, 5) is 13.4. The number of hydrogen-bond donors (Lipinski definition) is 1. The van der Waals surface area contributed by atoms with Crippen LogP contribution >= 0.6 is 11.8 Å². The molecule has 21 heavy (non-hydrogen) atoms. The molecular weight excluding hydrogens is 282 g/mol. The third kappa shape index (κ3) is 5.71. The van der Waals surface area contributed by atoms with Gasteiger partial charge in [0.1, 0.15) is 5.54 Å². The first-order valence-electron chi connectivity index (χ1n) is 7.36. The molecule has 1 rings (SSSR count). The van der Waals surface area contributed by atoms with E-state index in [1.54, 1.807) is 11.8 Å². The fraction of sp³-hybridized carbons (Fsp3) is 0.588. The third-order valence-corrected chi connectivity index (χ3v) is 4.36. The number of aryl methyl sites for hydroxylation is 1. The minimum Gasteiger partial charge on any atom is -0.468 e. The van der Waals surface area contributed by atoms with E-state index in [9.17, 15) is 4.79 Å². The molecule has 3 nitrogen and oxygen atoms in total. The molecule has 2 atom stereocenters. The van der Waals surface area contributed by atoms with Crippen molar-refractivity contribution < 1.29 is 9.53 Å². The Bertz CT molecular complexity index is 476. The molecule has 0 bridgehead atoms. The summed E-state index contributed by atoms with van der Waals surface area (Å²) < 4.78 is 4.98. The molecule has 1 N–H and O–H groups in total. The van der Waals surface area contributed by atoms with Crippen LogP contribution in [0.4, 0.5) is 0 Å². The third-order valence-electron chi connectivity index (χ3n) is 3.27. The summed E-state index contributed by atoms with van der Waals surface area (Å²) in [5.41, 5.74) is 0.599. The van der Waals surface area contributed by atoms with Crippen LogP contribution in [0.3, 0.4) is 0 Å². The Morgan fingerprint density at radius 2 is 2.05 bits per heavy atom. The number of methoxy groups -OCH3 is 1. The molecule has 4 heteroatoms. The topological polar surface area (TPSA) is 38.3 Å². The van der Waals surface area contributed by atoms with Crippen molar-refractivity contribution in [2.24, 2.45) is 0 Å². The van der Waals surface area contributed by atoms with E-state index in [2.05, 4.69) is 43.4 Å². The van der Waals surface area contributed by atoms with Crippen LogP contribution in [0, 0.1) is 6.92 Å². The summed E-state index contributed by atoms with van der Waals surface area (Å²) >= 11 is 1.79. The summed E-state index contributed by atoms with van der Waals surface area (Å²) in [6.45, 7) is 10.2. The molecule has 1 aromatic carbocycles. The molecule has 0 saturated carbocycles. The molecule has 0 heterocycles. The van der Waals surface area contributed by atoms with Gasteiger partial charge in [-0.2, -0.15) is 0 Å². The van der Waals surface area contributed by atoms with E-state index < -0.39 is 5.54 Å². The van der Waals surface area contributed by atoms with Gasteiger partial charge in [0.25, 0.3) is 0 Å². The predicted octanol–water partition coefficient (Wildman–Crippen LogP) is 3.80. The highest BCUT2D eigenvalue weighted by molar-refractivity contribution is 7.99. The minimum absolute atomic E-state index is 0.201. The number of carbonyl (C=O) groups is 1. The number of thioether (sulfide) groups is 1. The van der Waals surface area contributed by atoms with Crippen molar-refractivity contribution in [2.75, 3.05) is 7.11 Å². The van der Waals surface area contributed by atoms with Gasteiger partial charge in [0.2, 0.25) is 0 Å². The Kier molecular flexibility index (Phi) is 6.75. The predicted molar refractivity (Wildman–Crippen MR) is 89.8 cm³/mol. The lowest BCUT2D eigenvalue weighted by Gasteiger charge is -2.32. The fourth-order valence-electron chi connectivity index (χ4n) is 2.60. The molecule has 2 unspecified atom stereocenters.